The van der Waals surface area contributed by atoms with E-state index in [0.717, 1.165) is 13.0 Å². The summed E-state index contributed by atoms with van der Waals surface area (Å²) >= 11 is 0. The number of nitrogen functional groups attached to an aromatic ring is 1. The summed E-state index contributed by atoms with van der Waals surface area (Å²) in [6.07, 6.45) is 2.42. The molecule has 0 bridgehead atoms. The highest BCUT2D eigenvalue weighted by Crippen LogP contribution is 2.17. The van der Waals surface area contributed by atoms with Crippen LogP contribution >= 0.6 is 0 Å². The highest BCUT2D eigenvalue weighted by molar-refractivity contribution is 5.98. The molecule has 2 heterocycles. The van der Waals surface area contributed by atoms with Crippen molar-refractivity contribution in [3.05, 3.63) is 59.8 Å². The lowest BCUT2D eigenvalue weighted by molar-refractivity contribution is -0.127. The van der Waals surface area contributed by atoms with Gasteiger partial charge in [0.25, 0.3) is 5.91 Å². The van der Waals surface area contributed by atoms with Crippen molar-refractivity contribution in [1.29, 1.82) is 0 Å². The third kappa shape index (κ3) is 4.43. The van der Waals surface area contributed by atoms with Crippen LogP contribution in [-0.4, -0.2) is 65.9 Å². The number of hydrogen-bond donors (Lipinski definition) is 2. The maximum atomic E-state index is 12.8. The summed E-state index contributed by atoms with van der Waals surface area (Å²) < 4.78 is 0. The Morgan fingerprint density at radius 3 is 2.67 bits per heavy atom. The summed E-state index contributed by atoms with van der Waals surface area (Å²) in [7, 11) is 1.62. The van der Waals surface area contributed by atoms with Gasteiger partial charge in [-0.25, -0.2) is 4.98 Å². The van der Waals surface area contributed by atoms with Gasteiger partial charge in [-0.2, -0.15) is 0 Å². The number of nitrogens with two attached hydrogens (primary N) is 1. The van der Waals surface area contributed by atoms with Gasteiger partial charge in [0.15, 0.2) is 0 Å². The maximum Gasteiger partial charge on any atom is 0.257 e. The lowest BCUT2D eigenvalue weighted by Crippen LogP contribution is -2.60. The zero-order valence-corrected chi connectivity index (χ0v) is 15.5. The van der Waals surface area contributed by atoms with E-state index in [-0.39, 0.29) is 23.7 Å². The van der Waals surface area contributed by atoms with Gasteiger partial charge in [0.2, 0.25) is 5.91 Å². The van der Waals surface area contributed by atoms with Crippen LogP contribution in [-0.2, 0) is 11.2 Å². The van der Waals surface area contributed by atoms with Gasteiger partial charge in [0, 0.05) is 39.4 Å². The summed E-state index contributed by atoms with van der Waals surface area (Å²) in [5.74, 6) is -0.0533. The molecule has 1 aliphatic rings. The first kappa shape index (κ1) is 18.8. The van der Waals surface area contributed by atoms with Crippen molar-refractivity contribution < 1.29 is 9.59 Å². The van der Waals surface area contributed by atoms with Crippen molar-refractivity contribution in [3.8, 4) is 0 Å². The Bertz CT molecular complexity index is 796. The minimum atomic E-state index is -0.380. The van der Waals surface area contributed by atoms with Crippen molar-refractivity contribution in [3.63, 3.8) is 0 Å². The zero-order chi connectivity index (χ0) is 19.2. The summed E-state index contributed by atoms with van der Waals surface area (Å²) in [5.41, 5.74) is 7.45. The standard InChI is InChI=1S/C20H25N5O2/c1-22-19(26)17-14-25(20(27)16-8-5-10-23-18(16)21)13-12-24(17)11-9-15-6-3-2-4-7-15/h2-8,10,17H,9,11-14H2,1H3,(H2,21,23)(H,22,26)/t17-/m0/s1. The number of nitrogens with zero attached hydrogens (tertiary/aromatic N) is 3. The minimum absolute atomic E-state index is 0.0836. The number of piperazine rings is 1. The van der Waals surface area contributed by atoms with Crippen LogP contribution in [0.3, 0.4) is 0 Å². The molecule has 3 N–H and O–H groups in total. The fraction of sp³-hybridized carbons (Fsp3) is 0.350. The van der Waals surface area contributed by atoms with E-state index in [9.17, 15) is 9.59 Å². The number of benzene rings is 1. The fourth-order valence-corrected chi connectivity index (χ4v) is 3.37. The first-order chi connectivity index (χ1) is 13.1. The molecular weight excluding hydrogens is 342 g/mol. The first-order valence-corrected chi connectivity index (χ1v) is 9.09. The van der Waals surface area contributed by atoms with Crippen LogP contribution in [0.25, 0.3) is 0 Å². The normalized spacial score (nSPS) is 17.5. The van der Waals surface area contributed by atoms with E-state index in [1.165, 1.54) is 5.56 Å². The molecular formula is C20H25N5O2. The molecule has 0 spiro atoms. The zero-order valence-electron chi connectivity index (χ0n) is 15.5. The molecule has 1 atom stereocenters. The number of carbonyl (C=O) groups is 2. The molecule has 2 amide bonds. The topological polar surface area (TPSA) is 91.6 Å². The van der Waals surface area contributed by atoms with E-state index in [1.807, 2.05) is 18.2 Å². The quantitative estimate of drug-likeness (QED) is 0.815. The molecule has 1 aromatic heterocycles. The molecule has 3 rings (SSSR count). The number of likely N-dealkylation sites (N-methyl/N-ethyl adjacent to an activating group) is 1. The Kier molecular flexibility index (Phi) is 6.03. The lowest BCUT2D eigenvalue weighted by atomic mass is 10.1. The fourth-order valence-electron chi connectivity index (χ4n) is 3.37. The Morgan fingerprint density at radius 2 is 1.96 bits per heavy atom. The largest absolute Gasteiger partial charge is 0.383 e. The number of pyridine rings is 1. The van der Waals surface area contributed by atoms with Crippen LogP contribution in [0.1, 0.15) is 15.9 Å². The second-order valence-electron chi connectivity index (χ2n) is 6.59. The van der Waals surface area contributed by atoms with E-state index in [0.29, 0.717) is 25.2 Å². The second kappa shape index (κ2) is 8.64. The molecule has 142 valence electrons. The van der Waals surface area contributed by atoms with Gasteiger partial charge in [-0.1, -0.05) is 30.3 Å². The summed E-state index contributed by atoms with van der Waals surface area (Å²) in [5, 5.41) is 2.72. The number of carbonyl (C=O) groups excluding carboxylic acids is 2. The Hall–Kier alpha value is -2.93. The van der Waals surface area contributed by atoms with Crippen molar-refractivity contribution in [2.45, 2.75) is 12.5 Å². The predicted octanol–water partition coefficient (Wildman–Crippen LogP) is 0.779. The Morgan fingerprint density at radius 1 is 1.19 bits per heavy atom. The van der Waals surface area contributed by atoms with Gasteiger partial charge in [-0.3, -0.25) is 14.5 Å². The number of nitrogens with one attached hydrogen (secondary N) is 1. The van der Waals surface area contributed by atoms with Crippen molar-refractivity contribution in [2.75, 3.05) is 39.0 Å². The Balaban J connectivity index is 1.70. The van der Waals surface area contributed by atoms with Gasteiger partial charge in [0.1, 0.15) is 11.9 Å². The van der Waals surface area contributed by atoms with Crippen LogP contribution in [0.2, 0.25) is 0 Å². The van der Waals surface area contributed by atoms with Crippen LogP contribution in [0, 0.1) is 0 Å². The van der Waals surface area contributed by atoms with Gasteiger partial charge >= 0.3 is 0 Å². The number of amides is 2. The Labute approximate surface area is 159 Å². The molecule has 0 saturated carbocycles. The number of aromatic nitrogens is 1. The molecule has 27 heavy (non-hydrogen) atoms. The monoisotopic (exact) mass is 367 g/mol. The summed E-state index contributed by atoms with van der Waals surface area (Å²) in [6.45, 7) is 2.28. The van der Waals surface area contributed by atoms with Gasteiger partial charge in [-0.05, 0) is 24.1 Å². The highest BCUT2D eigenvalue weighted by Gasteiger charge is 2.34. The summed E-state index contributed by atoms with van der Waals surface area (Å²) in [4.78, 5) is 33.1. The third-order valence-corrected chi connectivity index (χ3v) is 4.93. The molecule has 1 aromatic carbocycles. The van der Waals surface area contributed by atoms with Crippen LogP contribution in [0.15, 0.2) is 48.7 Å². The van der Waals surface area contributed by atoms with Crippen molar-refractivity contribution in [2.24, 2.45) is 0 Å². The SMILES string of the molecule is CNC(=O)[C@@H]1CN(C(=O)c2cccnc2N)CCN1CCc1ccccc1. The van der Waals surface area contributed by atoms with Gasteiger partial charge in [0.05, 0.1) is 5.56 Å². The predicted molar refractivity (Wildman–Crippen MR) is 104 cm³/mol. The van der Waals surface area contributed by atoms with Gasteiger partial charge < -0.3 is 16.0 Å². The molecule has 1 aliphatic heterocycles. The van der Waals surface area contributed by atoms with Crippen LogP contribution < -0.4 is 11.1 Å². The van der Waals surface area contributed by atoms with E-state index in [2.05, 4.69) is 27.3 Å². The first-order valence-electron chi connectivity index (χ1n) is 9.09. The van der Waals surface area contributed by atoms with E-state index < -0.39 is 0 Å². The molecule has 0 unspecified atom stereocenters. The second-order valence-corrected chi connectivity index (χ2v) is 6.59. The number of hydrogen-bond acceptors (Lipinski definition) is 5. The lowest BCUT2D eigenvalue weighted by Gasteiger charge is -2.40. The highest BCUT2D eigenvalue weighted by atomic mass is 16.2. The maximum absolute atomic E-state index is 12.8. The molecule has 0 aliphatic carbocycles. The molecule has 1 saturated heterocycles. The van der Waals surface area contributed by atoms with E-state index in [1.54, 1.807) is 30.3 Å². The van der Waals surface area contributed by atoms with Crippen molar-refractivity contribution in [1.82, 2.24) is 20.1 Å². The van der Waals surface area contributed by atoms with Crippen LogP contribution in [0.5, 0.6) is 0 Å². The molecule has 7 heteroatoms. The molecule has 2 aromatic rings. The molecule has 7 nitrogen and oxygen atoms in total. The number of rotatable bonds is 5. The summed E-state index contributed by atoms with van der Waals surface area (Å²) in [6, 6.07) is 13.2. The average molecular weight is 367 g/mol. The van der Waals surface area contributed by atoms with Crippen LogP contribution in [0.4, 0.5) is 5.82 Å². The number of anilines is 1. The third-order valence-electron chi connectivity index (χ3n) is 4.93. The van der Waals surface area contributed by atoms with Crippen molar-refractivity contribution >= 4 is 17.6 Å². The molecule has 1 fully saturated rings. The van der Waals surface area contributed by atoms with E-state index >= 15 is 0 Å². The smallest absolute Gasteiger partial charge is 0.257 e. The average Bonchev–Trinajstić information content (AvgIpc) is 2.72. The van der Waals surface area contributed by atoms with E-state index in [4.69, 9.17) is 5.73 Å². The minimum Gasteiger partial charge on any atom is -0.383 e. The van der Waals surface area contributed by atoms with Gasteiger partial charge in [-0.15, -0.1) is 0 Å². The molecule has 0 radical (unpaired) electrons.